The summed E-state index contributed by atoms with van der Waals surface area (Å²) in [5.74, 6) is 0.258. The van der Waals surface area contributed by atoms with Gasteiger partial charge in [-0.25, -0.2) is 0 Å². The minimum Gasteiger partial charge on any atom is -0.354 e. The van der Waals surface area contributed by atoms with E-state index in [0.29, 0.717) is 13.1 Å². The third-order valence-electron chi connectivity index (χ3n) is 2.42. The zero-order valence-electron chi connectivity index (χ0n) is 8.63. The van der Waals surface area contributed by atoms with Crippen LogP contribution >= 0.6 is 0 Å². The normalized spacial score (nSPS) is 14.8. The van der Waals surface area contributed by atoms with Gasteiger partial charge in [-0.2, -0.15) is 5.10 Å². The average molecular weight is 224 g/mol. The Morgan fingerprint density at radius 2 is 2.44 bits per heavy atom. The Kier molecular flexibility index (Phi) is 2.84. The van der Waals surface area contributed by atoms with Crippen molar-refractivity contribution in [3.05, 3.63) is 22.5 Å². The molecule has 1 saturated carbocycles. The number of hydrogen-bond acceptors (Lipinski definition) is 4. The molecule has 1 fully saturated rings. The van der Waals surface area contributed by atoms with Gasteiger partial charge in [0, 0.05) is 12.5 Å². The van der Waals surface area contributed by atoms with Crippen LogP contribution in [0.15, 0.2) is 12.4 Å². The Hall–Kier alpha value is -1.92. The van der Waals surface area contributed by atoms with Gasteiger partial charge in [0.25, 0.3) is 0 Å². The Labute approximate surface area is 91.6 Å². The fourth-order valence-electron chi connectivity index (χ4n) is 1.35. The van der Waals surface area contributed by atoms with E-state index in [1.165, 1.54) is 17.1 Å². The van der Waals surface area contributed by atoms with Crippen LogP contribution in [0.5, 0.6) is 0 Å². The van der Waals surface area contributed by atoms with Crippen molar-refractivity contribution < 1.29 is 9.72 Å². The molecule has 7 nitrogen and oxygen atoms in total. The molecule has 1 aliphatic rings. The van der Waals surface area contributed by atoms with Crippen LogP contribution in [0.3, 0.4) is 0 Å². The zero-order chi connectivity index (χ0) is 11.5. The quantitative estimate of drug-likeness (QED) is 0.576. The number of amides is 1. The first-order valence-electron chi connectivity index (χ1n) is 5.11. The fraction of sp³-hybridized carbons (Fsp3) is 0.556. The van der Waals surface area contributed by atoms with Gasteiger partial charge in [0.1, 0.15) is 12.4 Å². The first kappa shape index (κ1) is 10.6. The maximum absolute atomic E-state index is 11.3. The van der Waals surface area contributed by atoms with Gasteiger partial charge in [-0.05, 0) is 12.8 Å². The molecule has 1 aliphatic carbocycles. The van der Waals surface area contributed by atoms with E-state index in [2.05, 4.69) is 10.4 Å². The molecule has 0 atom stereocenters. The van der Waals surface area contributed by atoms with Crippen LogP contribution in [0.25, 0.3) is 0 Å². The number of aromatic nitrogens is 2. The molecular weight excluding hydrogens is 212 g/mol. The highest BCUT2D eigenvalue weighted by molar-refractivity contribution is 5.80. The Morgan fingerprint density at radius 1 is 1.69 bits per heavy atom. The number of rotatable bonds is 5. The SMILES string of the molecule is O=C(NCCn1cc([N+](=O)[O-])cn1)C1CC1. The average Bonchev–Trinajstić information content (AvgIpc) is 2.98. The molecule has 0 radical (unpaired) electrons. The van der Waals surface area contributed by atoms with Gasteiger partial charge < -0.3 is 5.32 Å². The molecule has 86 valence electrons. The fourth-order valence-corrected chi connectivity index (χ4v) is 1.35. The molecule has 1 aromatic heterocycles. The maximum Gasteiger partial charge on any atom is 0.306 e. The molecule has 0 aromatic carbocycles. The lowest BCUT2D eigenvalue weighted by Crippen LogP contribution is -2.28. The molecular formula is C9H12N4O3. The monoisotopic (exact) mass is 224 g/mol. The number of nitro groups is 1. The van der Waals surface area contributed by atoms with Crippen molar-refractivity contribution in [3.63, 3.8) is 0 Å². The molecule has 7 heteroatoms. The molecule has 0 aliphatic heterocycles. The second-order valence-corrected chi connectivity index (χ2v) is 3.78. The lowest BCUT2D eigenvalue weighted by atomic mass is 10.4. The number of carbonyl (C=O) groups excluding carboxylic acids is 1. The van der Waals surface area contributed by atoms with E-state index in [0.717, 1.165) is 12.8 Å². The van der Waals surface area contributed by atoms with Gasteiger partial charge in [-0.15, -0.1) is 0 Å². The van der Waals surface area contributed by atoms with Crippen molar-refractivity contribution in [1.82, 2.24) is 15.1 Å². The summed E-state index contributed by atoms with van der Waals surface area (Å²) in [6.07, 6.45) is 4.49. The van der Waals surface area contributed by atoms with Crippen molar-refractivity contribution >= 4 is 11.6 Å². The molecule has 1 heterocycles. The lowest BCUT2D eigenvalue weighted by molar-refractivity contribution is -0.385. The number of nitrogens with zero attached hydrogens (tertiary/aromatic N) is 3. The molecule has 16 heavy (non-hydrogen) atoms. The molecule has 1 amide bonds. The Bertz CT molecular complexity index is 411. The van der Waals surface area contributed by atoms with Crippen molar-refractivity contribution in [2.75, 3.05) is 6.54 Å². The summed E-state index contributed by atoms with van der Waals surface area (Å²) in [7, 11) is 0. The topological polar surface area (TPSA) is 90.1 Å². The van der Waals surface area contributed by atoms with Gasteiger partial charge in [-0.3, -0.25) is 19.6 Å². The Balaban J connectivity index is 1.75. The summed E-state index contributed by atoms with van der Waals surface area (Å²) in [4.78, 5) is 21.1. The minimum atomic E-state index is -0.494. The molecule has 0 unspecified atom stereocenters. The molecule has 2 rings (SSSR count). The summed E-state index contributed by atoms with van der Waals surface area (Å²) in [6.45, 7) is 0.903. The molecule has 0 saturated heterocycles. The molecule has 0 spiro atoms. The highest BCUT2D eigenvalue weighted by Crippen LogP contribution is 2.28. The predicted molar refractivity (Wildman–Crippen MR) is 54.6 cm³/mol. The van der Waals surface area contributed by atoms with Crippen molar-refractivity contribution in [2.24, 2.45) is 5.92 Å². The first-order valence-corrected chi connectivity index (χ1v) is 5.11. The zero-order valence-corrected chi connectivity index (χ0v) is 8.63. The standard InChI is InChI=1S/C9H12N4O3/c14-9(7-1-2-7)10-3-4-12-6-8(5-11-12)13(15)16/h5-7H,1-4H2,(H,10,14). The van der Waals surface area contributed by atoms with Gasteiger partial charge in [-0.1, -0.05) is 0 Å². The molecule has 1 aromatic rings. The van der Waals surface area contributed by atoms with E-state index in [9.17, 15) is 14.9 Å². The smallest absolute Gasteiger partial charge is 0.306 e. The van der Waals surface area contributed by atoms with Crippen LogP contribution < -0.4 is 5.32 Å². The van der Waals surface area contributed by atoms with E-state index >= 15 is 0 Å². The third kappa shape index (κ3) is 2.56. The highest BCUT2D eigenvalue weighted by atomic mass is 16.6. The van der Waals surface area contributed by atoms with E-state index in [1.54, 1.807) is 0 Å². The number of hydrogen-bond donors (Lipinski definition) is 1. The van der Waals surface area contributed by atoms with Gasteiger partial charge in [0.15, 0.2) is 0 Å². The summed E-state index contributed by atoms with van der Waals surface area (Å²) in [5, 5.41) is 17.0. The van der Waals surface area contributed by atoms with Crippen LogP contribution in [-0.4, -0.2) is 27.2 Å². The van der Waals surface area contributed by atoms with Crippen molar-refractivity contribution in [1.29, 1.82) is 0 Å². The van der Waals surface area contributed by atoms with Crippen LogP contribution in [0, 0.1) is 16.0 Å². The van der Waals surface area contributed by atoms with Crippen molar-refractivity contribution in [3.8, 4) is 0 Å². The van der Waals surface area contributed by atoms with Gasteiger partial charge in [0.05, 0.1) is 11.5 Å². The predicted octanol–water partition coefficient (Wildman–Crippen LogP) is 0.317. The molecule has 0 bridgehead atoms. The summed E-state index contributed by atoms with van der Waals surface area (Å²) in [5.41, 5.74) is -0.0338. The minimum absolute atomic E-state index is 0.0338. The maximum atomic E-state index is 11.3. The third-order valence-corrected chi connectivity index (χ3v) is 2.42. The van der Waals surface area contributed by atoms with Gasteiger partial charge >= 0.3 is 5.69 Å². The Morgan fingerprint density at radius 3 is 3.00 bits per heavy atom. The van der Waals surface area contributed by atoms with E-state index < -0.39 is 4.92 Å². The second kappa shape index (κ2) is 4.30. The summed E-state index contributed by atoms with van der Waals surface area (Å²) in [6, 6.07) is 0. The summed E-state index contributed by atoms with van der Waals surface area (Å²) >= 11 is 0. The van der Waals surface area contributed by atoms with Crippen LogP contribution in [0.2, 0.25) is 0 Å². The van der Waals surface area contributed by atoms with Crippen LogP contribution in [-0.2, 0) is 11.3 Å². The second-order valence-electron chi connectivity index (χ2n) is 3.78. The van der Waals surface area contributed by atoms with E-state index in [1.807, 2.05) is 0 Å². The van der Waals surface area contributed by atoms with Crippen LogP contribution in [0.4, 0.5) is 5.69 Å². The number of nitrogens with one attached hydrogen (secondary N) is 1. The highest BCUT2D eigenvalue weighted by Gasteiger charge is 2.29. The van der Waals surface area contributed by atoms with Crippen LogP contribution in [0.1, 0.15) is 12.8 Å². The van der Waals surface area contributed by atoms with E-state index in [4.69, 9.17) is 0 Å². The lowest BCUT2D eigenvalue weighted by Gasteiger charge is -2.03. The summed E-state index contributed by atoms with van der Waals surface area (Å²) < 4.78 is 1.45. The number of carbonyl (C=O) groups is 1. The molecule has 1 N–H and O–H groups in total. The first-order chi connectivity index (χ1) is 7.66. The van der Waals surface area contributed by atoms with Gasteiger partial charge in [0.2, 0.25) is 5.91 Å². The van der Waals surface area contributed by atoms with E-state index in [-0.39, 0.29) is 17.5 Å². The largest absolute Gasteiger partial charge is 0.354 e. The van der Waals surface area contributed by atoms with Crippen molar-refractivity contribution in [2.45, 2.75) is 19.4 Å².